The van der Waals surface area contributed by atoms with Crippen LogP contribution in [-0.2, 0) is 4.43 Å². The van der Waals surface area contributed by atoms with Crippen molar-refractivity contribution in [2.24, 2.45) is 0 Å². The van der Waals surface area contributed by atoms with Gasteiger partial charge in [-0.3, -0.25) is 0 Å². The van der Waals surface area contributed by atoms with Crippen molar-refractivity contribution in [3.05, 3.63) is 102 Å². The van der Waals surface area contributed by atoms with E-state index in [0.717, 1.165) is 25.0 Å². The third-order valence-electron chi connectivity index (χ3n) is 5.60. The predicted octanol–water partition coefficient (Wildman–Crippen LogP) is 6.79. The van der Waals surface area contributed by atoms with Crippen LogP contribution < -0.4 is 10.4 Å². The maximum absolute atomic E-state index is 7.28. The number of unbranched alkanes of at least 4 members (excludes halogenated alkanes) is 1. The number of rotatable bonds is 8. The Morgan fingerprint density at radius 2 is 1.23 bits per heavy atom. The van der Waals surface area contributed by atoms with Crippen LogP contribution in [0, 0.1) is 0 Å². The summed E-state index contributed by atoms with van der Waals surface area (Å²) >= 11 is 0. The molecule has 2 heteroatoms. The molecule has 0 aromatic heterocycles. The van der Waals surface area contributed by atoms with Crippen LogP contribution in [0.5, 0.6) is 0 Å². The molecule has 0 aliphatic heterocycles. The summed E-state index contributed by atoms with van der Waals surface area (Å²) in [6.45, 7) is 9.24. The van der Waals surface area contributed by atoms with E-state index in [4.69, 9.17) is 4.43 Å². The summed E-state index contributed by atoms with van der Waals surface area (Å²) in [7, 11) is -2.58. The first kappa shape index (κ1) is 22.1. The highest BCUT2D eigenvalue weighted by atomic mass is 28.4. The largest absolute Gasteiger partial charge is 0.537 e. The molecule has 0 spiro atoms. The van der Waals surface area contributed by atoms with Crippen LogP contribution in [-0.4, -0.2) is 8.32 Å². The third kappa shape index (κ3) is 4.93. The lowest BCUT2D eigenvalue weighted by Gasteiger charge is -2.43. The Morgan fingerprint density at radius 1 is 0.767 bits per heavy atom. The van der Waals surface area contributed by atoms with Crippen LogP contribution in [0.3, 0.4) is 0 Å². The molecule has 0 saturated carbocycles. The summed E-state index contributed by atoms with van der Waals surface area (Å²) in [5.74, 6) is 1.09. The van der Waals surface area contributed by atoms with Gasteiger partial charge in [0.15, 0.2) is 0 Å². The van der Waals surface area contributed by atoms with Gasteiger partial charge in [0.2, 0.25) is 0 Å². The molecule has 1 nitrogen and oxygen atoms in total. The van der Waals surface area contributed by atoms with Gasteiger partial charge in [0.25, 0.3) is 0 Å². The lowest BCUT2D eigenvalue weighted by Crippen LogP contribution is -2.66. The molecule has 30 heavy (non-hydrogen) atoms. The Balaban J connectivity index is 2.19. The molecule has 0 fully saturated rings. The molecule has 0 saturated heterocycles. The standard InChI is InChI=1S/C28H34OSi/c1-5-6-18-25(23-24-16-10-7-11-17-24)29-30(28(2,3)4,26-19-12-8-13-20-26)27-21-14-9-15-22-27/h7-17,19-23H,5-6,18H2,1-4H3/b25-23+. The quantitative estimate of drug-likeness (QED) is 0.291. The minimum Gasteiger partial charge on any atom is -0.537 e. The van der Waals surface area contributed by atoms with Crippen LogP contribution in [0.25, 0.3) is 6.08 Å². The van der Waals surface area contributed by atoms with E-state index in [0.29, 0.717) is 0 Å². The maximum Gasteiger partial charge on any atom is 0.319 e. The smallest absolute Gasteiger partial charge is 0.319 e. The van der Waals surface area contributed by atoms with Crippen LogP contribution >= 0.6 is 0 Å². The zero-order valence-electron chi connectivity index (χ0n) is 18.8. The Morgan fingerprint density at radius 3 is 1.67 bits per heavy atom. The number of benzene rings is 3. The van der Waals surface area contributed by atoms with Gasteiger partial charge in [-0.2, -0.15) is 0 Å². The second-order valence-electron chi connectivity index (χ2n) is 8.89. The van der Waals surface area contributed by atoms with Crippen molar-refractivity contribution >= 4 is 24.8 Å². The Hall–Kier alpha value is -2.58. The second-order valence-corrected chi connectivity index (χ2v) is 13.1. The van der Waals surface area contributed by atoms with E-state index in [1.54, 1.807) is 0 Å². The van der Waals surface area contributed by atoms with Crippen molar-refractivity contribution in [2.45, 2.75) is 52.0 Å². The van der Waals surface area contributed by atoms with Gasteiger partial charge in [-0.25, -0.2) is 0 Å². The van der Waals surface area contributed by atoms with Crippen molar-refractivity contribution in [3.63, 3.8) is 0 Å². The highest BCUT2D eigenvalue weighted by Gasteiger charge is 2.52. The summed E-state index contributed by atoms with van der Waals surface area (Å²) in [5, 5.41) is 2.61. The van der Waals surface area contributed by atoms with Crippen molar-refractivity contribution < 1.29 is 4.43 Å². The number of hydrogen-bond acceptors (Lipinski definition) is 1. The van der Waals surface area contributed by atoms with Gasteiger partial charge >= 0.3 is 8.32 Å². The van der Waals surface area contributed by atoms with Crippen molar-refractivity contribution in [1.29, 1.82) is 0 Å². The molecule has 0 N–H and O–H groups in total. The van der Waals surface area contributed by atoms with Crippen LogP contribution in [0.4, 0.5) is 0 Å². The molecular weight excluding hydrogens is 380 g/mol. The van der Waals surface area contributed by atoms with E-state index in [9.17, 15) is 0 Å². The van der Waals surface area contributed by atoms with Crippen LogP contribution in [0.1, 0.15) is 52.5 Å². The molecule has 0 heterocycles. The first-order chi connectivity index (χ1) is 14.5. The number of allylic oxidation sites excluding steroid dienone is 1. The summed E-state index contributed by atoms with van der Waals surface area (Å²) in [6, 6.07) is 32.3. The Labute approximate surface area is 183 Å². The zero-order valence-corrected chi connectivity index (χ0v) is 19.8. The van der Waals surface area contributed by atoms with Crippen molar-refractivity contribution in [1.82, 2.24) is 0 Å². The summed E-state index contributed by atoms with van der Waals surface area (Å²) in [6.07, 6.45) is 5.47. The molecule has 3 aromatic carbocycles. The van der Waals surface area contributed by atoms with E-state index in [1.165, 1.54) is 15.9 Å². The zero-order chi connectivity index (χ0) is 21.5. The SMILES string of the molecule is CCCC/C(=C\c1ccccc1)O[Si](c1ccccc1)(c1ccccc1)C(C)(C)C. The molecule has 0 bridgehead atoms. The van der Waals surface area contributed by atoms with Gasteiger partial charge < -0.3 is 4.43 Å². The molecule has 156 valence electrons. The summed E-state index contributed by atoms with van der Waals surface area (Å²) in [4.78, 5) is 0. The molecule has 0 aliphatic rings. The first-order valence-electron chi connectivity index (χ1n) is 11.0. The Bertz CT molecular complexity index is 885. The molecule has 0 atom stereocenters. The summed E-state index contributed by atoms with van der Waals surface area (Å²) < 4.78 is 7.28. The lowest BCUT2D eigenvalue weighted by atomic mass is 10.1. The molecule has 0 unspecified atom stereocenters. The predicted molar refractivity (Wildman–Crippen MR) is 133 cm³/mol. The van der Waals surface area contributed by atoms with Gasteiger partial charge in [0, 0.05) is 6.42 Å². The van der Waals surface area contributed by atoms with Gasteiger partial charge in [0.05, 0.1) is 5.76 Å². The van der Waals surface area contributed by atoms with Crippen molar-refractivity contribution in [2.75, 3.05) is 0 Å². The van der Waals surface area contributed by atoms with E-state index in [2.05, 4.69) is 125 Å². The average Bonchev–Trinajstić information content (AvgIpc) is 2.76. The average molecular weight is 415 g/mol. The summed E-state index contributed by atoms with van der Waals surface area (Å²) in [5.41, 5.74) is 1.20. The minimum atomic E-state index is -2.58. The molecule has 0 amide bonds. The topological polar surface area (TPSA) is 9.23 Å². The van der Waals surface area contributed by atoms with Gasteiger partial charge in [0.1, 0.15) is 0 Å². The van der Waals surface area contributed by atoms with E-state index < -0.39 is 8.32 Å². The molecule has 3 aromatic rings. The fourth-order valence-corrected chi connectivity index (χ4v) is 8.57. The van der Waals surface area contributed by atoms with E-state index in [1.807, 2.05) is 0 Å². The Kier molecular flexibility index (Phi) is 7.33. The molecule has 3 rings (SSSR count). The minimum absolute atomic E-state index is 0.0301. The maximum atomic E-state index is 7.28. The van der Waals surface area contributed by atoms with E-state index >= 15 is 0 Å². The molecule has 0 radical (unpaired) electrons. The third-order valence-corrected chi connectivity index (χ3v) is 10.6. The first-order valence-corrected chi connectivity index (χ1v) is 12.9. The second kappa shape index (κ2) is 9.95. The highest BCUT2D eigenvalue weighted by molar-refractivity contribution is 6.99. The van der Waals surface area contributed by atoms with Gasteiger partial charge in [-0.15, -0.1) is 0 Å². The normalized spacial score (nSPS) is 12.6. The highest BCUT2D eigenvalue weighted by Crippen LogP contribution is 2.39. The van der Waals surface area contributed by atoms with Crippen molar-refractivity contribution in [3.8, 4) is 0 Å². The monoisotopic (exact) mass is 414 g/mol. The molecule has 0 aliphatic carbocycles. The van der Waals surface area contributed by atoms with Gasteiger partial charge in [-0.05, 0) is 33.5 Å². The fourth-order valence-electron chi connectivity index (χ4n) is 4.08. The molecular formula is C28H34OSi. The van der Waals surface area contributed by atoms with Gasteiger partial charge in [-0.1, -0.05) is 125 Å². The number of hydrogen-bond donors (Lipinski definition) is 0. The van der Waals surface area contributed by atoms with Crippen LogP contribution in [0.15, 0.2) is 96.8 Å². The fraction of sp³-hybridized carbons (Fsp3) is 0.286. The lowest BCUT2D eigenvalue weighted by molar-refractivity contribution is 0.379. The van der Waals surface area contributed by atoms with E-state index in [-0.39, 0.29) is 5.04 Å². The van der Waals surface area contributed by atoms with Crippen LogP contribution in [0.2, 0.25) is 5.04 Å².